The molecule has 0 fully saturated rings. The molecule has 0 radical (unpaired) electrons. The van der Waals surface area contributed by atoms with Gasteiger partial charge < -0.3 is 4.74 Å². The van der Waals surface area contributed by atoms with E-state index in [-0.39, 0.29) is 5.91 Å². The van der Waals surface area contributed by atoms with Crippen LogP contribution in [0.5, 0.6) is 5.75 Å². The van der Waals surface area contributed by atoms with Crippen molar-refractivity contribution in [3.63, 3.8) is 0 Å². The lowest BCUT2D eigenvalue weighted by Crippen LogP contribution is -2.33. The molecule has 1 amide bonds. The van der Waals surface area contributed by atoms with Crippen molar-refractivity contribution < 1.29 is 9.53 Å². The van der Waals surface area contributed by atoms with Gasteiger partial charge in [-0.05, 0) is 37.3 Å². The quantitative estimate of drug-likeness (QED) is 0.664. The highest BCUT2D eigenvalue weighted by atomic mass is 35.5. The van der Waals surface area contributed by atoms with Crippen LogP contribution in [0.4, 0.5) is 0 Å². The molecular formula is C16H14Cl2N2O2. The van der Waals surface area contributed by atoms with E-state index in [0.29, 0.717) is 15.8 Å². The average Bonchev–Trinajstić information content (AvgIpc) is 2.51. The monoisotopic (exact) mass is 336 g/mol. The van der Waals surface area contributed by atoms with Crippen molar-refractivity contribution in [3.8, 4) is 5.75 Å². The highest BCUT2D eigenvalue weighted by Crippen LogP contribution is 2.16. The van der Waals surface area contributed by atoms with Crippen molar-refractivity contribution in [3.05, 3.63) is 64.1 Å². The van der Waals surface area contributed by atoms with Gasteiger partial charge in [-0.1, -0.05) is 41.4 Å². The van der Waals surface area contributed by atoms with Crippen LogP contribution in [0, 0.1) is 0 Å². The molecule has 1 unspecified atom stereocenters. The van der Waals surface area contributed by atoms with Gasteiger partial charge in [-0.2, -0.15) is 5.10 Å². The van der Waals surface area contributed by atoms with Crippen LogP contribution >= 0.6 is 23.2 Å². The molecule has 1 N–H and O–H groups in total. The number of ether oxygens (including phenoxy) is 1. The van der Waals surface area contributed by atoms with E-state index in [1.807, 2.05) is 12.1 Å². The van der Waals surface area contributed by atoms with Crippen LogP contribution in [-0.2, 0) is 4.79 Å². The Kier molecular flexibility index (Phi) is 5.81. The fraction of sp³-hybridized carbons (Fsp3) is 0.125. The maximum atomic E-state index is 11.9. The predicted octanol–water partition coefficient (Wildman–Crippen LogP) is 3.91. The van der Waals surface area contributed by atoms with Crippen molar-refractivity contribution in [2.45, 2.75) is 13.0 Å². The molecule has 0 bridgehead atoms. The summed E-state index contributed by atoms with van der Waals surface area (Å²) >= 11 is 11.8. The minimum atomic E-state index is -0.690. The molecule has 22 heavy (non-hydrogen) atoms. The lowest BCUT2D eigenvalue weighted by Gasteiger charge is -2.12. The lowest BCUT2D eigenvalue weighted by molar-refractivity contribution is -0.127. The van der Waals surface area contributed by atoms with Crippen molar-refractivity contribution in [2.24, 2.45) is 5.10 Å². The topological polar surface area (TPSA) is 50.7 Å². The summed E-state index contributed by atoms with van der Waals surface area (Å²) in [6.07, 6.45) is 0.791. The molecule has 2 rings (SSSR count). The fourth-order valence-corrected chi connectivity index (χ4v) is 1.92. The van der Waals surface area contributed by atoms with Gasteiger partial charge in [0.25, 0.3) is 5.91 Å². The SMILES string of the molecule is CC(Oc1ccc(Cl)cc1)C(=O)N/N=C/c1ccccc1Cl. The van der Waals surface area contributed by atoms with Gasteiger partial charge in [-0.3, -0.25) is 4.79 Å². The van der Waals surface area contributed by atoms with Crippen LogP contribution in [0.1, 0.15) is 12.5 Å². The summed E-state index contributed by atoms with van der Waals surface area (Å²) in [5.74, 6) is 0.195. The molecular weight excluding hydrogens is 323 g/mol. The summed E-state index contributed by atoms with van der Waals surface area (Å²) in [6, 6.07) is 14.0. The lowest BCUT2D eigenvalue weighted by atomic mass is 10.2. The van der Waals surface area contributed by atoms with Crippen LogP contribution in [0.3, 0.4) is 0 Å². The molecule has 0 aliphatic rings. The van der Waals surface area contributed by atoms with Gasteiger partial charge in [0.15, 0.2) is 6.10 Å². The highest BCUT2D eigenvalue weighted by Gasteiger charge is 2.13. The zero-order valence-electron chi connectivity index (χ0n) is 11.8. The number of benzene rings is 2. The second kappa shape index (κ2) is 7.82. The van der Waals surface area contributed by atoms with E-state index < -0.39 is 6.10 Å². The number of rotatable bonds is 5. The predicted molar refractivity (Wildman–Crippen MR) is 88.7 cm³/mol. The molecule has 0 saturated heterocycles. The van der Waals surface area contributed by atoms with E-state index in [0.717, 1.165) is 5.56 Å². The molecule has 0 aliphatic heterocycles. The molecule has 114 valence electrons. The first kappa shape index (κ1) is 16.3. The smallest absolute Gasteiger partial charge is 0.280 e. The zero-order chi connectivity index (χ0) is 15.9. The van der Waals surface area contributed by atoms with Crippen LogP contribution in [0.2, 0.25) is 10.0 Å². The fourth-order valence-electron chi connectivity index (χ4n) is 1.61. The van der Waals surface area contributed by atoms with Gasteiger partial charge in [0.1, 0.15) is 5.75 Å². The van der Waals surface area contributed by atoms with Gasteiger partial charge in [0.2, 0.25) is 0 Å². The standard InChI is InChI=1S/C16H14Cl2N2O2/c1-11(22-14-8-6-13(17)7-9-14)16(21)20-19-10-12-4-2-3-5-15(12)18/h2-11H,1H3,(H,20,21)/b19-10+. The number of carbonyl (C=O) groups excluding carboxylic acids is 1. The first-order valence-corrected chi connectivity index (χ1v) is 7.31. The Morgan fingerprint density at radius 1 is 1.18 bits per heavy atom. The number of carbonyl (C=O) groups is 1. The third kappa shape index (κ3) is 4.76. The maximum absolute atomic E-state index is 11.9. The van der Waals surface area contributed by atoms with E-state index >= 15 is 0 Å². The van der Waals surface area contributed by atoms with Crippen LogP contribution in [0.15, 0.2) is 53.6 Å². The summed E-state index contributed by atoms with van der Waals surface area (Å²) in [5, 5.41) is 5.04. The van der Waals surface area contributed by atoms with Gasteiger partial charge in [-0.25, -0.2) is 5.43 Å². The van der Waals surface area contributed by atoms with Crippen molar-refractivity contribution >= 4 is 35.3 Å². The molecule has 6 heteroatoms. The molecule has 2 aromatic carbocycles. The Bertz CT molecular complexity index is 672. The molecule has 0 saturated carbocycles. The van der Waals surface area contributed by atoms with Crippen molar-refractivity contribution in [2.75, 3.05) is 0 Å². The van der Waals surface area contributed by atoms with E-state index in [4.69, 9.17) is 27.9 Å². The largest absolute Gasteiger partial charge is 0.481 e. The summed E-state index contributed by atoms with van der Waals surface area (Å²) in [6.45, 7) is 1.63. The molecule has 0 aliphatic carbocycles. The van der Waals surface area contributed by atoms with Gasteiger partial charge in [0, 0.05) is 15.6 Å². The minimum absolute atomic E-state index is 0.363. The average molecular weight is 337 g/mol. The summed E-state index contributed by atoms with van der Waals surface area (Å²) < 4.78 is 5.49. The molecule has 0 aromatic heterocycles. The summed E-state index contributed by atoms with van der Waals surface area (Å²) in [4.78, 5) is 11.9. The van der Waals surface area contributed by atoms with Crippen LogP contribution in [0.25, 0.3) is 0 Å². The van der Waals surface area contributed by atoms with E-state index in [1.54, 1.807) is 43.3 Å². The number of amides is 1. The number of nitrogens with one attached hydrogen (secondary N) is 1. The molecule has 1 atom stereocenters. The first-order valence-electron chi connectivity index (χ1n) is 6.56. The third-order valence-electron chi connectivity index (χ3n) is 2.78. The van der Waals surface area contributed by atoms with Gasteiger partial charge in [-0.15, -0.1) is 0 Å². The second-order valence-corrected chi connectivity index (χ2v) is 5.31. The zero-order valence-corrected chi connectivity index (χ0v) is 13.3. The molecule has 0 heterocycles. The van der Waals surface area contributed by atoms with Gasteiger partial charge >= 0.3 is 0 Å². The molecule has 0 spiro atoms. The number of halogens is 2. The van der Waals surface area contributed by atoms with Crippen LogP contribution in [-0.4, -0.2) is 18.2 Å². The number of hydrogen-bond donors (Lipinski definition) is 1. The minimum Gasteiger partial charge on any atom is -0.481 e. The van der Waals surface area contributed by atoms with E-state index in [1.165, 1.54) is 6.21 Å². The Morgan fingerprint density at radius 3 is 2.55 bits per heavy atom. The molecule has 2 aromatic rings. The number of nitrogens with zero attached hydrogens (tertiary/aromatic N) is 1. The number of hydrazone groups is 1. The van der Waals surface area contributed by atoms with Crippen molar-refractivity contribution in [1.29, 1.82) is 0 Å². The Balaban J connectivity index is 1.89. The number of hydrogen-bond acceptors (Lipinski definition) is 3. The van der Waals surface area contributed by atoms with Crippen molar-refractivity contribution in [1.82, 2.24) is 5.43 Å². The maximum Gasteiger partial charge on any atom is 0.280 e. The Hall–Kier alpha value is -2.04. The second-order valence-electron chi connectivity index (χ2n) is 4.47. The first-order chi connectivity index (χ1) is 10.6. The summed E-state index contributed by atoms with van der Waals surface area (Å²) in [7, 11) is 0. The normalized spacial score (nSPS) is 12.1. The molecule has 4 nitrogen and oxygen atoms in total. The third-order valence-corrected chi connectivity index (χ3v) is 3.38. The highest BCUT2D eigenvalue weighted by molar-refractivity contribution is 6.33. The van der Waals surface area contributed by atoms with E-state index in [9.17, 15) is 4.79 Å². The van der Waals surface area contributed by atoms with Crippen LogP contribution < -0.4 is 10.2 Å². The summed E-state index contributed by atoms with van der Waals surface area (Å²) in [5.41, 5.74) is 3.13. The van der Waals surface area contributed by atoms with Gasteiger partial charge in [0.05, 0.1) is 6.21 Å². The Morgan fingerprint density at radius 2 is 1.86 bits per heavy atom. The Labute approximate surface area is 138 Å². The van der Waals surface area contributed by atoms with E-state index in [2.05, 4.69) is 10.5 Å².